The fraction of sp³-hybridized carbons (Fsp3) is 0.360. The van der Waals surface area contributed by atoms with Gasteiger partial charge in [-0.2, -0.15) is 0 Å². The molecule has 1 saturated heterocycles. The number of aromatic nitrogens is 2. The zero-order valence-electron chi connectivity index (χ0n) is 21.0. The van der Waals surface area contributed by atoms with Gasteiger partial charge in [0.25, 0.3) is 5.56 Å². The van der Waals surface area contributed by atoms with Crippen LogP contribution in [0.25, 0.3) is 0 Å². The summed E-state index contributed by atoms with van der Waals surface area (Å²) >= 11 is 0. The highest BCUT2D eigenvalue weighted by atomic mass is 31.2. The Morgan fingerprint density at radius 2 is 1.53 bits per heavy atom. The van der Waals surface area contributed by atoms with E-state index in [1.54, 1.807) is 24.3 Å². The third kappa shape index (κ3) is 7.41. The first-order chi connectivity index (χ1) is 17.7. The van der Waals surface area contributed by atoms with E-state index in [0.717, 1.165) is 15.7 Å². The molecule has 1 aliphatic heterocycles. The van der Waals surface area contributed by atoms with E-state index in [1.165, 1.54) is 13.1 Å². The maximum absolute atomic E-state index is 11.7. The lowest BCUT2D eigenvalue weighted by Crippen LogP contribution is -2.33. The van der Waals surface area contributed by atoms with E-state index in [1.807, 2.05) is 24.3 Å². The standard InChI is InChI=1S/C15H16O2.C10H15N2O8P/c1-15(2,11-3-7-13(16)8-4-11)12-5-9-14(17)10-6-12;1-5-3-12(10(15)11-9(5)14)8-2-6(13)7(20-8)4-19-21(16,17)18/h3-10,16-17H,1-2H3;3,6-8,13H,2,4H2,1H3,(H,11,14,15)(H2,16,17,18)/t;6-,7+,8+/m.0/s1. The Bertz CT molecular complexity index is 1350. The molecule has 38 heavy (non-hydrogen) atoms. The van der Waals surface area contributed by atoms with Crippen molar-refractivity contribution in [3.8, 4) is 11.5 Å². The third-order valence-electron chi connectivity index (χ3n) is 6.25. The summed E-state index contributed by atoms with van der Waals surface area (Å²) in [6, 6.07) is 14.4. The second kappa shape index (κ2) is 11.6. The molecule has 12 nitrogen and oxygen atoms in total. The molecule has 6 N–H and O–H groups in total. The molecular formula is C25H31N2O10P. The van der Waals surface area contributed by atoms with E-state index in [2.05, 4.69) is 23.4 Å². The Kier molecular flexibility index (Phi) is 8.98. The quantitative estimate of drug-likeness (QED) is 0.248. The van der Waals surface area contributed by atoms with Gasteiger partial charge >= 0.3 is 13.5 Å². The molecule has 0 radical (unpaired) electrons. The van der Waals surface area contributed by atoms with Gasteiger partial charge in [0.15, 0.2) is 0 Å². The fourth-order valence-corrected chi connectivity index (χ4v) is 4.27. The Hall–Kier alpha value is -3.25. The van der Waals surface area contributed by atoms with Crippen LogP contribution in [0.4, 0.5) is 0 Å². The highest BCUT2D eigenvalue weighted by molar-refractivity contribution is 7.46. The molecular weight excluding hydrogens is 519 g/mol. The van der Waals surface area contributed by atoms with Crippen LogP contribution < -0.4 is 11.2 Å². The number of phosphoric acid groups is 1. The second-order valence-electron chi connectivity index (χ2n) is 9.42. The number of aliphatic hydroxyl groups is 1. The third-order valence-corrected chi connectivity index (χ3v) is 6.73. The van der Waals surface area contributed by atoms with Crippen molar-refractivity contribution in [2.75, 3.05) is 6.61 Å². The molecule has 1 fully saturated rings. The highest BCUT2D eigenvalue weighted by Gasteiger charge is 2.37. The van der Waals surface area contributed by atoms with Crippen LogP contribution in [-0.2, 0) is 19.2 Å². The Labute approximate surface area is 218 Å². The smallest absolute Gasteiger partial charge is 0.469 e. The first-order valence-electron chi connectivity index (χ1n) is 11.6. The number of aliphatic hydroxyl groups excluding tert-OH is 1. The number of phenols is 2. The number of phosphoric ester groups is 1. The maximum Gasteiger partial charge on any atom is 0.469 e. The minimum atomic E-state index is -4.67. The highest BCUT2D eigenvalue weighted by Crippen LogP contribution is 2.38. The van der Waals surface area contributed by atoms with Crippen molar-refractivity contribution < 1.29 is 38.9 Å². The Morgan fingerprint density at radius 1 is 1.03 bits per heavy atom. The molecule has 0 spiro atoms. The number of H-pyrrole nitrogens is 1. The van der Waals surface area contributed by atoms with E-state index in [0.29, 0.717) is 5.56 Å². The lowest BCUT2D eigenvalue weighted by atomic mass is 9.78. The lowest BCUT2D eigenvalue weighted by molar-refractivity contribution is -0.0451. The van der Waals surface area contributed by atoms with Crippen molar-refractivity contribution in [3.05, 3.63) is 92.3 Å². The number of nitrogens with one attached hydrogen (secondary N) is 1. The Balaban J connectivity index is 0.000000215. The first-order valence-corrected chi connectivity index (χ1v) is 13.1. The van der Waals surface area contributed by atoms with Crippen LogP contribution in [0.15, 0.2) is 64.3 Å². The molecule has 1 aliphatic rings. The van der Waals surface area contributed by atoms with Gasteiger partial charge in [-0.25, -0.2) is 9.36 Å². The zero-order chi connectivity index (χ0) is 28.3. The number of benzene rings is 2. The lowest BCUT2D eigenvalue weighted by Gasteiger charge is -2.26. The monoisotopic (exact) mass is 550 g/mol. The minimum Gasteiger partial charge on any atom is -0.508 e. The van der Waals surface area contributed by atoms with Crippen molar-refractivity contribution in [2.24, 2.45) is 0 Å². The zero-order valence-corrected chi connectivity index (χ0v) is 21.9. The van der Waals surface area contributed by atoms with Crippen LogP contribution in [0.3, 0.4) is 0 Å². The number of hydrogen-bond donors (Lipinski definition) is 6. The van der Waals surface area contributed by atoms with Gasteiger partial charge in [-0.15, -0.1) is 0 Å². The largest absolute Gasteiger partial charge is 0.508 e. The fourth-order valence-electron chi connectivity index (χ4n) is 3.93. The summed E-state index contributed by atoms with van der Waals surface area (Å²) in [7, 11) is -4.67. The van der Waals surface area contributed by atoms with Gasteiger partial charge in [0.05, 0.1) is 12.7 Å². The molecule has 0 saturated carbocycles. The Morgan fingerprint density at radius 3 is 2.00 bits per heavy atom. The van der Waals surface area contributed by atoms with Crippen molar-refractivity contribution in [3.63, 3.8) is 0 Å². The van der Waals surface area contributed by atoms with Gasteiger partial charge in [0.1, 0.15) is 23.8 Å². The summed E-state index contributed by atoms with van der Waals surface area (Å²) in [4.78, 5) is 42.3. The molecule has 3 aromatic rings. The summed E-state index contributed by atoms with van der Waals surface area (Å²) in [5.41, 5.74) is 1.18. The van der Waals surface area contributed by atoms with Crippen LogP contribution in [0.1, 0.15) is 43.2 Å². The molecule has 0 bridgehead atoms. The van der Waals surface area contributed by atoms with Crippen LogP contribution in [0, 0.1) is 6.92 Å². The SMILES string of the molecule is CC(C)(c1ccc(O)cc1)c1ccc(O)cc1.Cc1cn([C@H]2C[C@H](O)[C@@H](COP(=O)(O)O)O2)c(=O)[nH]c1=O. The van der Waals surface area contributed by atoms with E-state index < -0.39 is 44.1 Å². The van der Waals surface area contributed by atoms with Gasteiger partial charge in [0.2, 0.25) is 0 Å². The summed E-state index contributed by atoms with van der Waals surface area (Å²) < 4.78 is 21.4. The number of hydrogen-bond acceptors (Lipinski definition) is 8. The summed E-state index contributed by atoms with van der Waals surface area (Å²) in [6.45, 7) is 5.23. The van der Waals surface area contributed by atoms with E-state index in [9.17, 15) is 29.5 Å². The van der Waals surface area contributed by atoms with Gasteiger partial charge in [-0.05, 0) is 42.3 Å². The molecule has 2 aromatic carbocycles. The molecule has 0 aliphatic carbocycles. The van der Waals surface area contributed by atoms with E-state index in [-0.39, 0.29) is 23.3 Å². The molecule has 4 rings (SSSR count). The number of nitrogens with zero attached hydrogens (tertiary/aromatic N) is 1. The number of rotatable bonds is 6. The molecule has 206 valence electrons. The number of aromatic amines is 1. The first kappa shape index (κ1) is 29.3. The summed E-state index contributed by atoms with van der Waals surface area (Å²) in [5, 5.41) is 28.4. The van der Waals surface area contributed by atoms with Crippen molar-refractivity contribution in [1.29, 1.82) is 0 Å². The second-order valence-corrected chi connectivity index (χ2v) is 10.7. The predicted octanol–water partition coefficient (Wildman–Crippen LogP) is 2.03. The molecule has 2 heterocycles. The summed E-state index contributed by atoms with van der Waals surface area (Å²) in [5.74, 6) is 0.547. The number of aromatic hydroxyl groups is 2. The normalized spacial score (nSPS) is 19.6. The van der Waals surface area contributed by atoms with Gasteiger partial charge in [-0.3, -0.25) is 18.9 Å². The number of aryl methyl sites for hydroxylation is 1. The summed E-state index contributed by atoms with van der Waals surface area (Å²) in [6.07, 6.45) is -1.57. The topological polar surface area (TPSA) is 192 Å². The average molecular weight is 551 g/mol. The minimum absolute atomic E-state index is 0.0283. The van der Waals surface area contributed by atoms with Crippen LogP contribution in [0.5, 0.6) is 11.5 Å². The molecule has 13 heteroatoms. The van der Waals surface area contributed by atoms with Gasteiger partial charge in [-0.1, -0.05) is 38.1 Å². The molecule has 3 atom stereocenters. The van der Waals surface area contributed by atoms with E-state index in [4.69, 9.17) is 14.5 Å². The predicted molar refractivity (Wildman–Crippen MR) is 137 cm³/mol. The van der Waals surface area contributed by atoms with Crippen molar-refractivity contribution in [1.82, 2.24) is 9.55 Å². The van der Waals surface area contributed by atoms with E-state index >= 15 is 0 Å². The van der Waals surface area contributed by atoms with Gasteiger partial charge in [0, 0.05) is 23.6 Å². The maximum atomic E-state index is 11.7. The number of ether oxygens (including phenoxy) is 1. The van der Waals surface area contributed by atoms with Crippen molar-refractivity contribution in [2.45, 2.75) is 51.0 Å². The molecule has 0 unspecified atom stereocenters. The average Bonchev–Trinajstić information content (AvgIpc) is 3.21. The molecule has 1 aromatic heterocycles. The van der Waals surface area contributed by atoms with Crippen LogP contribution >= 0.6 is 7.82 Å². The van der Waals surface area contributed by atoms with Crippen LogP contribution in [-0.4, -0.2) is 53.5 Å². The van der Waals surface area contributed by atoms with Gasteiger partial charge < -0.3 is 29.8 Å². The van der Waals surface area contributed by atoms with Crippen LogP contribution in [0.2, 0.25) is 0 Å². The van der Waals surface area contributed by atoms with Crippen molar-refractivity contribution >= 4 is 7.82 Å². The number of phenolic OH excluding ortho intramolecular Hbond substituents is 2. The molecule has 0 amide bonds.